The van der Waals surface area contributed by atoms with Crippen LogP contribution in [0.2, 0.25) is 5.04 Å². The number of hydrogen-bond acceptors (Lipinski definition) is 8. The Hall–Kier alpha value is -2.89. The van der Waals surface area contributed by atoms with E-state index in [2.05, 4.69) is 45.0 Å². The smallest absolute Gasteiger partial charge is 0.338 e. The highest BCUT2D eigenvalue weighted by Crippen LogP contribution is 2.39. The number of carbonyl (C=O) groups is 1. The summed E-state index contributed by atoms with van der Waals surface area (Å²) in [6.07, 6.45) is -3.07. The summed E-state index contributed by atoms with van der Waals surface area (Å²) >= 11 is 0. The molecule has 1 aliphatic carbocycles. The van der Waals surface area contributed by atoms with Crippen LogP contribution in [-0.2, 0) is 28.1 Å². The Morgan fingerprint density at radius 1 is 0.791 bits per heavy atom. The number of rotatable bonds is 13. The number of ether oxygens (including phenoxy) is 5. The number of methoxy groups -OCH3 is 2. The highest BCUT2D eigenvalue weighted by molar-refractivity contribution is 6.99. The third-order valence-electron chi connectivity index (χ3n) is 8.01. The van der Waals surface area contributed by atoms with Gasteiger partial charge in [0.2, 0.25) is 0 Å². The van der Waals surface area contributed by atoms with Gasteiger partial charge in [0.1, 0.15) is 19.7 Å². The van der Waals surface area contributed by atoms with E-state index in [-0.39, 0.29) is 25.2 Å². The van der Waals surface area contributed by atoms with E-state index in [1.54, 1.807) is 31.4 Å². The van der Waals surface area contributed by atoms with Crippen LogP contribution in [0.25, 0.3) is 0 Å². The summed E-state index contributed by atoms with van der Waals surface area (Å²) in [4.78, 5) is 13.2. The zero-order valence-corrected chi connectivity index (χ0v) is 26.7. The van der Waals surface area contributed by atoms with Crippen LogP contribution in [0, 0.1) is 5.92 Å². The molecule has 8 nitrogen and oxygen atoms in total. The number of carbonyl (C=O) groups excluding carboxylic acids is 1. The first-order chi connectivity index (χ1) is 20.7. The molecule has 1 aliphatic rings. The van der Waals surface area contributed by atoms with Gasteiger partial charge < -0.3 is 33.2 Å². The first-order valence-electron chi connectivity index (χ1n) is 14.6. The molecule has 1 N–H and O–H groups in total. The Labute approximate surface area is 256 Å². The van der Waals surface area contributed by atoms with Gasteiger partial charge in [-0.05, 0) is 34.0 Å². The van der Waals surface area contributed by atoms with E-state index in [4.69, 9.17) is 28.1 Å². The van der Waals surface area contributed by atoms with E-state index < -0.39 is 44.6 Å². The molecule has 0 heterocycles. The summed E-state index contributed by atoms with van der Waals surface area (Å²) < 4.78 is 35.6. The van der Waals surface area contributed by atoms with Crippen molar-refractivity contribution in [2.24, 2.45) is 5.92 Å². The van der Waals surface area contributed by atoms with Crippen LogP contribution in [0.4, 0.5) is 0 Å². The van der Waals surface area contributed by atoms with E-state index in [1.165, 1.54) is 7.11 Å². The number of aliphatic hydroxyl groups excluding tert-OH is 1. The van der Waals surface area contributed by atoms with Crippen molar-refractivity contribution in [1.82, 2.24) is 0 Å². The van der Waals surface area contributed by atoms with E-state index in [0.717, 1.165) is 10.4 Å². The molecule has 1 fully saturated rings. The third kappa shape index (κ3) is 7.61. The van der Waals surface area contributed by atoms with Crippen molar-refractivity contribution in [3.63, 3.8) is 0 Å². The van der Waals surface area contributed by atoms with Crippen molar-refractivity contribution in [3.8, 4) is 0 Å². The molecule has 0 radical (unpaired) electrons. The number of benzene rings is 3. The Balaban J connectivity index is 1.70. The number of esters is 1. The van der Waals surface area contributed by atoms with Gasteiger partial charge in [0.15, 0.2) is 6.10 Å². The lowest BCUT2D eigenvalue weighted by atomic mass is 9.81. The molecular weight excluding hydrogens is 564 g/mol. The van der Waals surface area contributed by atoms with Gasteiger partial charge in [-0.2, -0.15) is 0 Å². The summed E-state index contributed by atoms with van der Waals surface area (Å²) in [5, 5.41) is 13.9. The van der Waals surface area contributed by atoms with Gasteiger partial charge in [-0.25, -0.2) is 4.79 Å². The van der Waals surface area contributed by atoms with Crippen molar-refractivity contribution in [1.29, 1.82) is 0 Å². The minimum atomic E-state index is -2.89. The Morgan fingerprint density at radius 2 is 1.30 bits per heavy atom. The normalized spacial score (nSPS) is 22.7. The molecular formula is C34H44O8Si. The van der Waals surface area contributed by atoms with Crippen LogP contribution in [0.5, 0.6) is 0 Å². The standard InChI is InChI=1S/C34H44O8Si/c1-34(2,3)43(27-17-11-7-12-18-27,28-19-13-8-14-20-28)41-22-26-21-29(39-23-37-4)31(40-24-38-5)32(30(26)35)42-33(36)25-15-9-6-10-16-25/h6-20,26,29-32,35H,21-24H2,1-5H3/t26-,29-,30-,31-,32-/m1/s1. The number of aliphatic hydroxyl groups is 1. The lowest BCUT2D eigenvalue weighted by molar-refractivity contribution is -0.231. The Morgan fingerprint density at radius 3 is 1.81 bits per heavy atom. The van der Waals surface area contributed by atoms with Crippen LogP contribution < -0.4 is 10.4 Å². The topological polar surface area (TPSA) is 92.7 Å². The SMILES string of the molecule is COCO[C@H]1[C@H](OC(=O)c2ccccc2)[C@H](O)[C@@H](CO[Si](c2ccccc2)(c2ccccc2)C(C)(C)C)C[C@H]1OCOC. The first kappa shape index (κ1) is 33.0. The fraction of sp³-hybridized carbons (Fsp3) is 0.441. The van der Waals surface area contributed by atoms with Crippen molar-refractivity contribution in [2.75, 3.05) is 34.4 Å². The summed E-state index contributed by atoms with van der Waals surface area (Å²) in [6, 6.07) is 29.4. The van der Waals surface area contributed by atoms with Crippen LogP contribution in [0.3, 0.4) is 0 Å². The Bertz CT molecular complexity index is 1210. The lowest BCUT2D eigenvalue weighted by Gasteiger charge is -2.47. The lowest BCUT2D eigenvalue weighted by Crippen LogP contribution is -2.67. The quantitative estimate of drug-likeness (QED) is 0.176. The predicted molar refractivity (Wildman–Crippen MR) is 167 cm³/mol. The molecule has 43 heavy (non-hydrogen) atoms. The van der Waals surface area contributed by atoms with Gasteiger partial charge in [0.25, 0.3) is 8.32 Å². The summed E-state index contributed by atoms with van der Waals surface area (Å²) in [5.41, 5.74) is 0.375. The molecule has 0 unspecified atom stereocenters. The highest BCUT2D eigenvalue weighted by Gasteiger charge is 2.53. The fourth-order valence-electron chi connectivity index (χ4n) is 5.98. The fourth-order valence-corrected chi connectivity index (χ4v) is 10.6. The Kier molecular flexibility index (Phi) is 11.7. The zero-order valence-electron chi connectivity index (χ0n) is 25.7. The van der Waals surface area contributed by atoms with Crippen LogP contribution in [0.15, 0.2) is 91.0 Å². The monoisotopic (exact) mass is 608 g/mol. The first-order valence-corrected chi connectivity index (χ1v) is 16.5. The van der Waals surface area contributed by atoms with Gasteiger partial charge >= 0.3 is 5.97 Å². The second-order valence-corrected chi connectivity index (χ2v) is 16.2. The molecule has 0 aromatic heterocycles. The van der Waals surface area contributed by atoms with Gasteiger partial charge in [0.05, 0.1) is 17.8 Å². The minimum Gasteiger partial charge on any atom is -0.453 e. The van der Waals surface area contributed by atoms with E-state index in [1.807, 2.05) is 42.5 Å². The van der Waals surface area contributed by atoms with Crippen molar-refractivity contribution in [3.05, 3.63) is 96.6 Å². The van der Waals surface area contributed by atoms with Crippen molar-refractivity contribution < 1.29 is 38.0 Å². The van der Waals surface area contributed by atoms with E-state index in [9.17, 15) is 9.90 Å². The molecule has 0 spiro atoms. The molecule has 1 saturated carbocycles. The molecule has 0 saturated heterocycles. The average molecular weight is 609 g/mol. The second kappa shape index (κ2) is 15.2. The van der Waals surface area contributed by atoms with Gasteiger partial charge in [-0.15, -0.1) is 0 Å². The summed E-state index contributed by atoms with van der Waals surface area (Å²) in [5.74, 6) is -0.991. The average Bonchev–Trinajstić information content (AvgIpc) is 3.02. The molecule has 3 aromatic carbocycles. The third-order valence-corrected chi connectivity index (χ3v) is 13.0. The van der Waals surface area contributed by atoms with Gasteiger partial charge in [-0.3, -0.25) is 0 Å². The van der Waals surface area contributed by atoms with E-state index >= 15 is 0 Å². The van der Waals surface area contributed by atoms with Crippen molar-refractivity contribution >= 4 is 24.7 Å². The molecule has 4 rings (SSSR count). The molecule has 9 heteroatoms. The second-order valence-electron chi connectivity index (χ2n) is 11.8. The maximum atomic E-state index is 13.2. The van der Waals surface area contributed by atoms with Crippen LogP contribution >= 0.6 is 0 Å². The minimum absolute atomic E-state index is 0.00917. The highest BCUT2D eigenvalue weighted by atomic mass is 28.4. The van der Waals surface area contributed by atoms with E-state index in [0.29, 0.717) is 12.0 Å². The molecule has 5 atom stereocenters. The van der Waals surface area contributed by atoms with Gasteiger partial charge in [0, 0.05) is 26.7 Å². The molecule has 3 aromatic rings. The zero-order chi connectivity index (χ0) is 30.9. The number of hydrogen-bond donors (Lipinski definition) is 1. The molecule has 232 valence electrons. The summed E-state index contributed by atoms with van der Waals surface area (Å²) in [7, 11) is 0.160. The predicted octanol–water partition coefficient (Wildman–Crippen LogP) is 4.15. The van der Waals surface area contributed by atoms with Gasteiger partial charge in [-0.1, -0.05) is 99.6 Å². The molecule has 0 aliphatic heterocycles. The molecule has 0 amide bonds. The largest absolute Gasteiger partial charge is 0.453 e. The van der Waals surface area contributed by atoms with Crippen molar-refractivity contribution in [2.45, 2.75) is 56.6 Å². The van der Waals surface area contributed by atoms with Crippen LogP contribution in [0.1, 0.15) is 37.6 Å². The molecule has 0 bridgehead atoms. The van der Waals surface area contributed by atoms with Crippen LogP contribution in [-0.4, -0.2) is 78.2 Å². The summed E-state index contributed by atoms with van der Waals surface area (Å²) in [6.45, 7) is 6.79. The maximum Gasteiger partial charge on any atom is 0.338 e. The maximum absolute atomic E-state index is 13.2.